The van der Waals surface area contributed by atoms with Gasteiger partial charge in [0.2, 0.25) is 5.91 Å². The Morgan fingerprint density at radius 1 is 1.24 bits per heavy atom. The van der Waals surface area contributed by atoms with E-state index in [4.69, 9.17) is 0 Å². The van der Waals surface area contributed by atoms with Crippen molar-refractivity contribution in [2.45, 2.75) is 44.7 Å². The molecular weight excluding hydrogens is 268 g/mol. The normalized spacial score (nSPS) is 24.8. The highest BCUT2D eigenvalue weighted by Gasteiger charge is 2.43. The van der Waals surface area contributed by atoms with Gasteiger partial charge in [-0.05, 0) is 37.3 Å². The van der Waals surface area contributed by atoms with Gasteiger partial charge in [0, 0.05) is 25.0 Å². The second-order valence-corrected chi connectivity index (χ2v) is 6.04. The summed E-state index contributed by atoms with van der Waals surface area (Å²) in [7, 11) is 0. The Hall–Kier alpha value is -1.91. The third-order valence-electron chi connectivity index (χ3n) is 4.50. The summed E-state index contributed by atoms with van der Waals surface area (Å²) in [4.78, 5) is 30.1. The lowest BCUT2D eigenvalue weighted by molar-refractivity contribution is -0.149. The van der Waals surface area contributed by atoms with Crippen molar-refractivity contribution in [3.63, 3.8) is 0 Å². The van der Waals surface area contributed by atoms with Crippen LogP contribution in [-0.2, 0) is 16.1 Å². The van der Waals surface area contributed by atoms with Gasteiger partial charge in [0.1, 0.15) is 0 Å². The zero-order chi connectivity index (χ0) is 14.8. The Labute approximate surface area is 124 Å². The van der Waals surface area contributed by atoms with Crippen molar-refractivity contribution in [3.05, 3.63) is 30.1 Å². The van der Waals surface area contributed by atoms with Crippen LogP contribution in [0.1, 0.15) is 37.7 Å². The predicted molar refractivity (Wildman–Crippen MR) is 76.3 cm³/mol. The molecule has 1 aromatic heterocycles. The SMILES string of the molecule is O=C(O)C1CCCC1C(=O)N(Cc1cccnc1)C1CC1. The zero-order valence-corrected chi connectivity index (χ0v) is 11.9. The summed E-state index contributed by atoms with van der Waals surface area (Å²) in [5.41, 5.74) is 1.00. The molecule has 2 fully saturated rings. The quantitative estimate of drug-likeness (QED) is 0.900. The second kappa shape index (κ2) is 5.84. The minimum absolute atomic E-state index is 0.0197. The van der Waals surface area contributed by atoms with E-state index < -0.39 is 11.9 Å². The van der Waals surface area contributed by atoms with Gasteiger partial charge in [-0.2, -0.15) is 0 Å². The van der Waals surface area contributed by atoms with Crippen LogP contribution in [0.25, 0.3) is 0 Å². The van der Waals surface area contributed by atoms with Crippen molar-refractivity contribution in [3.8, 4) is 0 Å². The molecule has 2 saturated carbocycles. The summed E-state index contributed by atoms with van der Waals surface area (Å²) in [5, 5.41) is 9.28. The number of hydrogen-bond donors (Lipinski definition) is 1. The van der Waals surface area contributed by atoms with Gasteiger partial charge in [-0.25, -0.2) is 0 Å². The van der Waals surface area contributed by atoms with Gasteiger partial charge in [0.05, 0.1) is 11.8 Å². The van der Waals surface area contributed by atoms with Gasteiger partial charge < -0.3 is 10.0 Å². The van der Waals surface area contributed by atoms with Crippen LogP contribution in [0.3, 0.4) is 0 Å². The summed E-state index contributed by atoms with van der Waals surface area (Å²) < 4.78 is 0. The lowest BCUT2D eigenvalue weighted by Gasteiger charge is -2.27. The number of nitrogens with zero attached hydrogens (tertiary/aromatic N) is 2. The van der Waals surface area contributed by atoms with Crippen LogP contribution < -0.4 is 0 Å². The molecule has 3 rings (SSSR count). The molecule has 2 unspecified atom stereocenters. The van der Waals surface area contributed by atoms with Crippen molar-refractivity contribution in [1.29, 1.82) is 0 Å². The summed E-state index contributed by atoms with van der Waals surface area (Å²) in [6.45, 7) is 0.542. The summed E-state index contributed by atoms with van der Waals surface area (Å²) in [6.07, 6.45) is 7.69. The Morgan fingerprint density at radius 2 is 2.00 bits per heavy atom. The Kier molecular flexibility index (Phi) is 3.90. The van der Waals surface area contributed by atoms with Crippen LogP contribution in [0.2, 0.25) is 0 Å². The van der Waals surface area contributed by atoms with Crippen molar-refractivity contribution in [2.24, 2.45) is 11.8 Å². The summed E-state index contributed by atoms with van der Waals surface area (Å²) >= 11 is 0. The fourth-order valence-electron chi connectivity index (χ4n) is 3.23. The first-order chi connectivity index (χ1) is 10.2. The first-order valence-corrected chi connectivity index (χ1v) is 7.59. The Morgan fingerprint density at radius 3 is 2.62 bits per heavy atom. The average molecular weight is 288 g/mol. The predicted octanol–water partition coefficient (Wildman–Crippen LogP) is 2.07. The van der Waals surface area contributed by atoms with E-state index in [9.17, 15) is 14.7 Å². The van der Waals surface area contributed by atoms with Crippen LogP contribution in [-0.4, -0.2) is 32.9 Å². The molecule has 0 bridgehead atoms. The number of rotatable bonds is 5. The van der Waals surface area contributed by atoms with Crippen LogP contribution in [0.4, 0.5) is 0 Å². The van der Waals surface area contributed by atoms with E-state index in [1.807, 2.05) is 17.0 Å². The topological polar surface area (TPSA) is 70.5 Å². The summed E-state index contributed by atoms with van der Waals surface area (Å²) in [6, 6.07) is 4.10. The molecule has 2 aliphatic carbocycles. The van der Waals surface area contributed by atoms with Crippen molar-refractivity contribution in [2.75, 3.05) is 0 Å². The minimum Gasteiger partial charge on any atom is -0.481 e. The number of carbonyl (C=O) groups excluding carboxylic acids is 1. The Balaban J connectivity index is 1.74. The number of carbonyl (C=O) groups is 2. The standard InChI is InChI=1S/C16H20N2O3/c19-15(13-4-1-5-14(13)16(20)21)18(12-6-7-12)10-11-3-2-8-17-9-11/h2-3,8-9,12-14H,1,4-7,10H2,(H,20,21). The molecule has 2 aliphatic rings. The van der Waals surface area contributed by atoms with E-state index >= 15 is 0 Å². The van der Waals surface area contributed by atoms with Gasteiger partial charge in [-0.15, -0.1) is 0 Å². The number of hydrogen-bond acceptors (Lipinski definition) is 3. The van der Waals surface area contributed by atoms with E-state index in [0.717, 1.165) is 24.8 Å². The maximum Gasteiger partial charge on any atom is 0.307 e. The van der Waals surface area contributed by atoms with Gasteiger partial charge >= 0.3 is 5.97 Å². The molecule has 1 aromatic rings. The molecule has 112 valence electrons. The van der Waals surface area contributed by atoms with Crippen molar-refractivity contribution in [1.82, 2.24) is 9.88 Å². The first kappa shape index (κ1) is 14.0. The molecule has 1 N–H and O–H groups in total. The van der Waals surface area contributed by atoms with Crippen LogP contribution in [0.15, 0.2) is 24.5 Å². The van der Waals surface area contributed by atoms with Crippen LogP contribution >= 0.6 is 0 Å². The van der Waals surface area contributed by atoms with Crippen molar-refractivity contribution < 1.29 is 14.7 Å². The molecule has 5 nitrogen and oxygen atoms in total. The molecule has 0 radical (unpaired) electrons. The zero-order valence-electron chi connectivity index (χ0n) is 11.9. The molecule has 0 aliphatic heterocycles. The number of aliphatic carboxylic acids is 1. The number of carboxylic acid groups (broad SMARTS) is 1. The lowest BCUT2D eigenvalue weighted by atomic mass is 9.94. The third-order valence-corrected chi connectivity index (χ3v) is 4.50. The largest absolute Gasteiger partial charge is 0.481 e. The highest BCUT2D eigenvalue weighted by atomic mass is 16.4. The number of carboxylic acids is 1. The fraction of sp³-hybridized carbons (Fsp3) is 0.562. The van der Waals surface area contributed by atoms with Crippen molar-refractivity contribution >= 4 is 11.9 Å². The van der Waals surface area contributed by atoms with E-state index in [-0.39, 0.29) is 17.9 Å². The second-order valence-electron chi connectivity index (χ2n) is 6.04. The maximum atomic E-state index is 12.8. The van der Waals surface area contributed by atoms with E-state index in [1.54, 1.807) is 12.4 Å². The molecule has 0 spiro atoms. The smallest absolute Gasteiger partial charge is 0.307 e. The first-order valence-electron chi connectivity index (χ1n) is 7.59. The maximum absolute atomic E-state index is 12.8. The molecule has 5 heteroatoms. The van der Waals surface area contributed by atoms with Gasteiger partial charge in [-0.1, -0.05) is 12.5 Å². The number of pyridine rings is 1. The van der Waals surface area contributed by atoms with E-state index in [2.05, 4.69) is 4.98 Å². The monoisotopic (exact) mass is 288 g/mol. The van der Waals surface area contributed by atoms with Crippen LogP contribution in [0, 0.1) is 11.8 Å². The van der Waals surface area contributed by atoms with E-state index in [1.165, 1.54) is 0 Å². The number of aromatic nitrogens is 1. The highest BCUT2D eigenvalue weighted by Crippen LogP contribution is 2.37. The molecule has 2 atom stereocenters. The molecular formula is C16H20N2O3. The number of amides is 1. The third kappa shape index (κ3) is 3.06. The Bertz CT molecular complexity index is 528. The highest BCUT2D eigenvalue weighted by molar-refractivity contribution is 5.85. The molecule has 0 saturated heterocycles. The van der Waals surface area contributed by atoms with Gasteiger partial charge in [0.25, 0.3) is 0 Å². The molecule has 0 aromatic carbocycles. The van der Waals surface area contributed by atoms with Crippen LogP contribution in [0.5, 0.6) is 0 Å². The average Bonchev–Trinajstić information content (AvgIpc) is 3.20. The van der Waals surface area contributed by atoms with Gasteiger partial charge in [0.15, 0.2) is 0 Å². The molecule has 21 heavy (non-hydrogen) atoms. The summed E-state index contributed by atoms with van der Waals surface area (Å²) in [5.74, 6) is -1.67. The fourth-order valence-corrected chi connectivity index (χ4v) is 3.23. The molecule has 1 heterocycles. The molecule has 1 amide bonds. The minimum atomic E-state index is -0.831. The lowest BCUT2D eigenvalue weighted by Crippen LogP contribution is -2.40. The van der Waals surface area contributed by atoms with Gasteiger partial charge in [-0.3, -0.25) is 14.6 Å². The van der Waals surface area contributed by atoms with E-state index in [0.29, 0.717) is 19.4 Å².